The third kappa shape index (κ3) is 4.75. The number of nitrogens with zero attached hydrogens (tertiary/aromatic N) is 4. The number of aromatic nitrogens is 4. The van der Waals surface area contributed by atoms with Gasteiger partial charge in [0.25, 0.3) is 5.56 Å². The molecule has 0 saturated heterocycles. The Labute approximate surface area is 197 Å². The highest BCUT2D eigenvalue weighted by Crippen LogP contribution is 2.30. The number of amides is 1. The van der Waals surface area contributed by atoms with E-state index in [2.05, 4.69) is 10.4 Å². The molecule has 0 bridgehead atoms. The molecule has 182 valence electrons. The van der Waals surface area contributed by atoms with Crippen LogP contribution in [0.1, 0.15) is 23.7 Å². The molecule has 0 radical (unpaired) electrons. The van der Waals surface area contributed by atoms with Crippen LogP contribution < -0.4 is 16.6 Å². The minimum absolute atomic E-state index is 0.0162. The zero-order valence-corrected chi connectivity index (χ0v) is 19.0. The molecule has 4 rings (SSSR count). The van der Waals surface area contributed by atoms with E-state index in [0.29, 0.717) is 17.8 Å². The monoisotopic (exact) mass is 485 g/mol. The van der Waals surface area contributed by atoms with Crippen molar-refractivity contribution in [3.8, 4) is 0 Å². The molecule has 11 heteroatoms. The highest BCUT2D eigenvalue weighted by atomic mass is 19.4. The van der Waals surface area contributed by atoms with Gasteiger partial charge in [0, 0.05) is 12.2 Å². The summed E-state index contributed by atoms with van der Waals surface area (Å²) in [5, 5.41) is 6.74. The predicted molar refractivity (Wildman–Crippen MR) is 124 cm³/mol. The molecule has 0 unspecified atom stereocenters. The number of rotatable bonds is 6. The molecule has 0 saturated carbocycles. The SMILES string of the molecule is CCn1nc(C)c2c1c(=O)n(Cc1ccccc1)c(=O)n2CC(=O)Nc1cccc(C(F)(F)F)c1. The van der Waals surface area contributed by atoms with Crippen molar-refractivity contribution in [1.29, 1.82) is 0 Å². The quantitative estimate of drug-likeness (QED) is 0.453. The van der Waals surface area contributed by atoms with Crippen molar-refractivity contribution in [2.24, 2.45) is 0 Å². The van der Waals surface area contributed by atoms with Crippen molar-refractivity contribution < 1.29 is 18.0 Å². The van der Waals surface area contributed by atoms with Gasteiger partial charge in [-0.25, -0.2) is 4.79 Å². The summed E-state index contributed by atoms with van der Waals surface area (Å²) >= 11 is 0. The lowest BCUT2D eigenvalue weighted by atomic mass is 10.2. The lowest BCUT2D eigenvalue weighted by Crippen LogP contribution is -2.42. The number of carbonyl (C=O) groups excluding carboxylic acids is 1. The van der Waals surface area contributed by atoms with Crippen molar-refractivity contribution in [2.75, 3.05) is 5.32 Å². The fourth-order valence-electron chi connectivity index (χ4n) is 3.96. The van der Waals surface area contributed by atoms with Crippen molar-refractivity contribution in [1.82, 2.24) is 18.9 Å². The summed E-state index contributed by atoms with van der Waals surface area (Å²) in [6.07, 6.45) is -4.57. The van der Waals surface area contributed by atoms with Gasteiger partial charge in [-0.05, 0) is 37.6 Å². The molecule has 2 aromatic carbocycles. The lowest BCUT2D eigenvalue weighted by molar-refractivity contribution is -0.137. The van der Waals surface area contributed by atoms with Gasteiger partial charge >= 0.3 is 11.9 Å². The number of anilines is 1. The maximum Gasteiger partial charge on any atom is 0.416 e. The Morgan fingerprint density at radius 3 is 2.37 bits per heavy atom. The fraction of sp³-hybridized carbons (Fsp3) is 0.250. The first-order chi connectivity index (χ1) is 16.6. The Kier molecular flexibility index (Phi) is 6.33. The van der Waals surface area contributed by atoms with Crippen LogP contribution in [0.15, 0.2) is 64.2 Å². The van der Waals surface area contributed by atoms with Gasteiger partial charge in [0.15, 0.2) is 5.52 Å². The summed E-state index contributed by atoms with van der Waals surface area (Å²) in [4.78, 5) is 39.5. The number of carbonyl (C=O) groups is 1. The second-order valence-corrected chi connectivity index (χ2v) is 7.97. The Hall–Kier alpha value is -4.15. The number of hydrogen-bond acceptors (Lipinski definition) is 4. The van der Waals surface area contributed by atoms with Crippen molar-refractivity contribution >= 4 is 22.6 Å². The minimum atomic E-state index is -4.57. The van der Waals surface area contributed by atoms with Crippen LogP contribution in [0, 0.1) is 6.92 Å². The van der Waals surface area contributed by atoms with Crippen LogP contribution in [0.5, 0.6) is 0 Å². The molecule has 0 fully saturated rings. The number of alkyl halides is 3. The molecule has 4 aromatic rings. The third-order valence-electron chi connectivity index (χ3n) is 5.53. The maximum absolute atomic E-state index is 13.4. The smallest absolute Gasteiger partial charge is 0.325 e. The molecule has 1 N–H and O–H groups in total. The zero-order chi connectivity index (χ0) is 25.3. The molecule has 0 aliphatic rings. The molecule has 2 aromatic heterocycles. The third-order valence-corrected chi connectivity index (χ3v) is 5.53. The number of halogens is 3. The zero-order valence-electron chi connectivity index (χ0n) is 19.0. The van der Waals surface area contributed by atoms with E-state index in [1.54, 1.807) is 44.2 Å². The topological polar surface area (TPSA) is 90.9 Å². The molecule has 0 atom stereocenters. The van der Waals surface area contributed by atoms with Gasteiger partial charge in [-0.2, -0.15) is 18.3 Å². The molecule has 35 heavy (non-hydrogen) atoms. The fourth-order valence-corrected chi connectivity index (χ4v) is 3.96. The normalized spacial score (nSPS) is 11.7. The van der Waals surface area contributed by atoms with Gasteiger partial charge in [-0.3, -0.25) is 23.4 Å². The van der Waals surface area contributed by atoms with E-state index >= 15 is 0 Å². The first-order valence-corrected chi connectivity index (χ1v) is 10.8. The molecular formula is C24H22F3N5O3. The van der Waals surface area contributed by atoms with Crippen LogP contribution in [-0.2, 0) is 30.6 Å². The summed E-state index contributed by atoms with van der Waals surface area (Å²) in [7, 11) is 0. The van der Waals surface area contributed by atoms with Crippen LogP contribution in [0.2, 0.25) is 0 Å². The van der Waals surface area contributed by atoms with E-state index in [1.807, 2.05) is 0 Å². The molecule has 2 heterocycles. The number of benzene rings is 2. The number of hydrogen-bond donors (Lipinski definition) is 1. The standard InChI is InChI=1S/C24H22F3N5O3/c1-3-32-21-20(15(2)29-32)30(23(35)31(22(21)34)13-16-8-5-4-6-9-16)14-19(33)28-18-11-7-10-17(12-18)24(25,26)27/h4-12H,3,13-14H2,1-2H3,(H,28,33). The number of nitrogens with one attached hydrogen (secondary N) is 1. The van der Waals surface area contributed by atoms with Gasteiger partial charge in [-0.15, -0.1) is 0 Å². The first kappa shape index (κ1) is 24.0. The summed E-state index contributed by atoms with van der Waals surface area (Å²) in [5.74, 6) is -0.721. The van der Waals surface area contributed by atoms with Crippen LogP contribution in [0.4, 0.5) is 18.9 Å². The number of fused-ring (bicyclic) bond motifs is 1. The van der Waals surface area contributed by atoms with Gasteiger partial charge in [0.05, 0.1) is 17.8 Å². The molecule has 0 aliphatic heterocycles. The van der Waals surface area contributed by atoms with Gasteiger partial charge in [0.2, 0.25) is 5.91 Å². The summed E-state index contributed by atoms with van der Waals surface area (Å²) in [6, 6.07) is 13.1. The Morgan fingerprint density at radius 2 is 1.71 bits per heavy atom. The average Bonchev–Trinajstić information content (AvgIpc) is 3.16. The van der Waals surface area contributed by atoms with Crippen molar-refractivity contribution in [3.05, 3.63) is 92.3 Å². The number of aryl methyl sites for hydroxylation is 2. The summed E-state index contributed by atoms with van der Waals surface area (Å²) < 4.78 is 42.7. The van der Waals surface area contributed by atoms with Crippen molar-refractivity contribution in [3.63, 3.8) is 0 Å². The lowest BCUT2D eigenvalue weighted by Gasteiger charge is -2.14. The van der Waals surface area contributed by atoms with Crippen LogP contribution >= 0.6 is 0 Å². The largest absolute Gasteiger partial charge is 0.416 e. The Bertz CT molecular complexity index is 1520. The van der Waals surface area contributed by atoms with E-state index in [-0.39, 0.29) is 23.3 Å². The van der Waals surface area contributed by atoms with E-state index in [9.17, 15) is 27.6 Å². The van der Waals surface area contributed by atoms with E-state index in [0.717, 1.165) is 21.3 Å². The van der Waals surface area contributed by atoms with Crippen LogP contribution in [0.25, 0.3) is 11.0 Å². The molecule has 1 amide bonds. The summed E-state index contributed by atoms with van der Waals surface area (Å²) in [6.45, 7) is 3.24. The molecular weight excluding hydrogens is 463 g/mol. The molecule has 0 spiro atoms. The van der Waals surface area contributed by atoms with Gasteiger partial charge in [-0.1, -0.05) is 36.4 Å². The summed E-state index contributed by atoms with van der Waals surface area (Å²) in [5.41, 5.74) is -0.744. The van der Waals surface area contributed by atoms with Gasteiger partial charge in [0.1, 0.15) is 12.1 Å². The highest BCUT2D eigenvalue weighted by Gasteiger charge is 2.30. The Morgan fingerprint density at radius 1 is 1.00 bits per heavy atom. The average molecular weight is 485 g/mol. The second kappa shape index (κ2) is 9.24. The maximum atomic E-state index is 13.4. The predicted octanol–water partition coefficient (Wildman–Crippen LogP) is 3.39. The van der Waals surface area contributed by atoms with Crippen molar-refractivity contribution in [2.45, 2.75) is 39.7 Å². The second-order valence-electron chi connectivity index (χ2n) is 7.97. The Balaban J connectivity index is 1.78. The highest BCUT2D eigenvalue weighted by molar-refractivity contribution is 5.91. The van der Waals surface area contributed by atoms with E-state index in [1.165, 1.54) is 16.8 Å². The van der Waals surface area contributed by atoms with Crippen LogP contribution in [0.3, 0.4) is 0 Å². The van der Waals surface area contributed by atoms with E-state index < -0.39 is 35.4 Å². The van der Waals surface area contributed by atoms with Crippen LogP contribution in [-0.4, -0.2) is 24.8 Å². The van der Waals surface area contributed by atoms with E-state index in [4.69, 9.17) is 0 Å². The molecule has 0 aliphatic carbocycles. The van der Waals surface area contributed by atoms with Gasteiger partial charge < -0.3 is 5.32 Å². The first-order valence-electron chi connectivity index (χ1n) is 10.8. The molecule has 8 nitrogen and oxygen atoms in total. The minimum Gasteiger partial charge on any atom is -0.325 e.